The minimum atomic E-state index is -0.145. The number of aryl methyl sites for hydroxylation is 2. The highest BCUT2D eigenvalue weighted by molar-refractivity contribution is 5.48. The lowest BCUT2D eigenvalue weighted by atomic mass is 9.65. The zero-order chi connectivity index (χ0) is 23.6. The molecule has 1 aliphatic carbocycles. The van der Waals surface area contributed by atoms with Crippen LogP contribution in [0.5, 0.6) is 11.5 Å². The van der Waals surface area contributed by atoms with Crippen LogP contribution < -0.4 is 9.47 Å². The third kappa shape index (κ3) is 5.33. The first-order chi connectivity index (χ1) is 15.0. The first-order valence-electron chi connectivity index (χ1n) is 12.6. The summed E-state index contributed by atoms with van der Waals surface area (Å²) >= 11 is 0. The third-order valence-corrected chi connectivity index (χ3v) is 7.64. The molecule has 0 aliphatic heterocycles. The lowest BCUT2D eigenvalue weighted by Crippen LogP contribution is -2.31. The summed E-state index contributed by atoms with van der Waals surface area (Å²) in [6, 6.07) is 13.8. The summed E-state index contributed by atoms with van der Waals surface area (Å²) in [4.78, 5) is 0. The van der Waals surface area contributed by atoms with Crippen molar-refractivity contribution in [3.05, 3.63) is 58.7 Å². The maximum atomic E-state index is 6.34. The Morgan fingerprint density at radius 3 is 1.44 bits per heavy atom. The van der Waals surface area contributed by atoms with Gasteiger partial charge in [0, 0.05) is 5.41 Å². The normalized spacial score (nSPS) is 16.6. The second-order valence-corrected chi connectivity index (χ2v) is 11.0. The molecular formula is C30H44O2. The van der Waals surface area contributed by atoms with E-state index in [1.165, 1.54) is 54.4 Å². The summed E-state index contributed by atoms with van der Waals surface area (Å²) in [5.74, 6) is 2.02. The summed E-state index contributed by atoms with van der Waals surface area (Å²) < 4.78 is 12.7. The lowest BCUT2D eigenvalue weighted by molar-refractivity contribution is 0.104. The maximum absolute atomic E-state index is 6.34. The average Bonchev–Trinajstić information content (AvgIpc) is 2.77. The molecule has 1 aliphatic rings. The van der Waals surface area contributed by atoms with Crippen molar-refractivity contribution in [3.8, 4) is 11.5 Å². The van der Waals surface area contributed by atoms with Gasteiger partial charge in [0.2, 0.25) is 0 Å². The van der Waals surface area contributed by atoms with Crippen LogP contribution in [0, 0.1) is 13.8 Å². The summed E-state index contributed by atoms with van der Waals surface area (Å²) in [6.07, 6.45) is 8.26. The van der Waals surface area contributed by atoms with Crippen molar-refractivity contribution in [1.82, 2.24) is 0 Å². The zero-order valence-electron chi connectivity index (χ0n) is 21.7. The van der Waals surface area contributed by atoms with Gasteiger partial charge in [0.05, 0.1) is 0 Å². The van der Waals surface area contributed by atoms with E-state index < -0.39 is 0 Å². The van der Waals surface area contributed by atoms with Gasteiger partial charge in [-0.15, -0.1) is 0 Å². The molecule has 0 aromatic heterocycles. The average molecular weight is 437 g/mol. The fraction of sp³-hybridized carbons (Fsp3) is 0.600. The van der Waals surface area contributed by atoms with E-state index in [0.29, 0.717) is 0 Å². The summed E-state index contributed by atoms with van der Waals surface area (Å²) in [6.45, 7) is 17.4. The fourth-order valence-electron chi connectivity index (χ4n) is 4.76. The molecule has 176 valence electrons. The van der Waals surface area contributed by atoms with E-state index >= 15 is 0 Å². The van der Waals surface area contributed by atoms with E-state index in [9.17, 15) is 0 Å². The van der Waals surface area contributed by atoms with E-state index in [-0.39, 0.29) is 16.6 Å². The number of rotatable bonds is 8. The summed E-state index contributed by atoms with van der Waals surface area (Å²) in [5, 5.41) is 0. The lowest BCUT2D eigenvalue weighted by Gasteiger charge is -2.39. The minimum Gasteiger partial charge on any atom is -0.488 e. The largest absolute Gasteiger partial charge is 0.488 e. The van der Waals surface area contributed by atoms with Crippen molar-refractivity contribution >= 4 is 0 Å². The zero-order valence-corrected chi connectivity index (χ0v) is 21.7. The van der Waals surface area contributed by atoms with Gasteiger partial charge in [-0.1, -0.05) is 57.4 Å². The van der Waals surface area contributed by atoms with Crippen LogP contribution >= 0.6 is 0 Å². The SMILES string of the molecule is CCC(C)(C)Oc1ccc(C2(c3ccc(OC(C)(C)CC)c(C)c3)CCCCC2)cc1C. The van der Waals surface area contributed by atoms with Crippen molar-refractivity contribution < 1.29 is 9.47 Å². The van der Waals surface area contributed by atoms with Crippen LogP contribution in [0.4, 0.5) is 0 Å². The molecule has 2 heteroatoms. The number of ether oxygens (including phenoxy) is 2. The van der Waals surface area contributed by atoms with Crippen LogP contribution in [0.2, 0.25) is 0 Å². The molecule has 0 heterocycles. The van der Waals surface area contributed by atoms with Crippen molar-refractivity contribution in [1.29, 1.82) is 0 Å². The predicted molar refractivity (Wildman–Crippen MR) is 136 cm³/mol. The topological polar surface area (TPSA) is 18.5 Å². The molecule has 2 nitrogen and oxygen atoms in total. The van der Waals surface area contributed by atoms with Crippen LogP contribution in [0.15, 0.2) is 36.4 Å². The number of hydrogen-bond acceptors (Lipinski definition) is 2. The molecule has 2 aromatic rings. The molecule has 0 bridgehead atoms. The van der Waals surface area contributed by atoms with Gasteiger partial charge in [-0.05, 0) is 102 Å². The van der Waals surface area contributed by atoms with Crippen LogP contribution in [-0.4, -0.2) is 11.2 Å². The Hall–Kier alpha value is -1.96. The molecular weight excluding hydrogens is 392 g/mol. The molecule has 3 rings (SSSR count). The number of hydrogen-bond donors (Lipinski definition) is 0. The predicted octanol–water partition coefficient (Wildman–Crippen LogP) is 8.69. The molecule has 0 atom stereocenters. The standard InChI is InChI=1S/C30H44O2/c1-9-28(5,6)31-26-16-14-24(20-22(26)3)30(18-12-11-13-19-30)25-15-17-27(23(4)21-25)32-29(7,8)10-2/h14-17,20-21H,9-13,18-19H2,1-8H3. The minimum absolute atomic E-state index is 0.0748. The van der Waals surface area contributed by atoms with Gasteiger partial charge in [0.15, 0.2) is 0 Å². The number of benzene rings is 2. The smallest absolute Gasteiger partial charge is 0.123 e. The van der Waals surface area contributed by atoms with Crippen LogP contribution in [0.25, 0.3) is 0 Å². The maximum Gasteiger partial charge on any atom is 0.123 e. The quantitative estimate of drug-likeness (QED) is 0.412. The molecule has 0 radical (unpaired) electrons. The van der Waals surface area contributed by atoms with Gasteiger partial charge >= 0.3 is 0 Å². The van der Waals surface area contributed by atoms with E-state index in [4.69, 9.17) is 9.47 Å². The molecule has 1 fully saturated rings. The summed E-state index contributed by atoms with van der Waals surface area (Å²) in [5.41, 5.74) is 5.11. The van der Waals surface area contributed by atoms with Crippen LogP contribution in [0.1, 0.15) is 109 Å². The Labute approximate surface area is 196 Å². The highest BCUT2D eigenvalue weighted by Crippen LogP contribution is 2.47. The highest BCUT2D eigenvalue weighted by Gasteiger charge is 2.36. The molecule has 0 spiro atoms. The van der Waals surface area contributed by atoms with Crippen molar-refractivity contribution in [2.45, 2.75) is 117 Å². The van der Waals surface area contributed by atoms with Crippen LogP contribution in [0.3, 0.4) is 0 Å². The monoisotopic (exact) mass is 436 g/mol. The van der Waals surface area contributed by atoms with E-state index in [1.54, 1.807) is 0 Å². The first kappa shape index (κ1) is 24.7. The van der Waals surface area contributed by atoms with E-state index in [2.05, 4.69) is 91.8 Å². The molecule has 0 N–H and O–H groups in total. The molecule has 32 heavy (non-hydrogen) atoms. The third-order valence-electron chi connectivity index (χ3n) is 7.64. The van der Waals surface area contributed by atoms with E-state index in [1.807, 2.05) is 0 Å². The molecule has 0 amide bonds. The van der Waals surface area contributed by atoms with Gasteiger partial charge in [-0.3, -0.25) is 0 Å². The second kappa shape index (κ2) is 9.49. The van der Waals surface area contributed by atoms with Crippen LogP contribution in [-0.2, 0) is 5.41 Å². The van der Waals surface area contributed by atoms with Gasteiger partial charge < -0.3 is 9.47 Å². The van der Waals surface area contributed by atoms with Gasteiger partial charge in [0.1, 0.15) is 22.7 Å². The fourth-order valence-corrected chi connectivity index (χ4v) is 4.76. The Bertz CT molecular complexity index is 847. The van der Waals surface area contributed by atoms with Gasteiger partial charge in [0.25, 0.3) is 0 Å². The molecule has 2 aromatic carbocycles. The Balaban J connectivity index is 1.99. The Morgan fingerprint density at radius 1 is 0.688 bits per heavy atom. The van der Waals surface area contributed by atoms with E-state index in [0.717, 1.165) is 24.3 Å². The highest BCUT2D eigenvalue weighted by atomic mass is 16.5. The molecule has 1 saturated carbocycles. The van der Waals surface area contributed by atoms with Crippen molar-refractivity contribution in [2.24, 2.45) is 0 Å². The molecule has 0 unspecified atom stereocenters. The van der Waals surface area contributed by atoms with Crippen molar-refractivity contribution in [3.63, 3.8) is 0 Å². The van der Waals surface area contributed by atoms with Gasteiger partial charge in [-0.25, -0.2) is 0 Å². The first-order valence-corrected chi connectivity index (χ1v) is 12.6. The van der Waals surface area contributed by atoms with Crippen molar-refractivity contribution in [2.75, 3.05) is 0 Å². The Kier molecular flexibility index (Phi) is 7.32. The Morgan fingerprint density at radius 2 is 1.09 bits per heavy atom. The second-order valence-electron chi connectivity index (χ2n) is 11.0. The van der Waals surface area contributed by atoms with Gasteiger partial charge in [-0.2, -0.15) is 0 Å². The molecule has 0 saturated heterocycles. The summed E-state index contributed by atoms with van der Waals surface area (Å²) in [7, 11) is 0.